The molecule has 1 aromatic heterocycles. The van der Waals surface area contributed by atoms with Crippen LogP contribution in [0.4, 0.5) is 0 Å². The average molecular weight is 781 g/mol. The van der Waals surface area contributed by atoms with E-state index in [1.54, 1.807) is 69.3 Å². The smallest absolute Gasteiger partial charge is 0.343 e. The number of nitrogens with zero attached hydrogens (tertiary/aromatic N) is 3. The third-order valence-electron chi connectivity index (χ3n) is 7.50. The molecule has 0 N–H and O–H groups in total. The number of allylic oxidation sites excluding steroid dienone is 1. The molecule has 4 aromatic rings. The van der Waals surface area contributed by atoms with Gasteiger partial charge in [0.1, 0.15) is 6.61 Å². The first kappa shape index (κ1) is 36.4. The minimum atomic E-state index is -0.913. The number of benzene rings is 3. The van der Waals surface area contributed by atoms with E-state index in [-0.39, 0.29) is 37.8 Å². The topological polar surface area (TPSA) is 138 Å². The molecule has 1 aliphatic rings. The highest BCUT2D eigenvalue weighted by atomic mass is 79.9. The third-order valence-corrected chi connectivity index (χ3v) is 9.35. The molecule has 11 nitrogen and oxygen atoms in total. The van der Waals surface area contributed by atoms with Crippen LogP contribution >= 0.6 is 38.9 Å². The summed E-state index contributed by atoms with van der Waals surface area (Å²) in [5.74, 6) is -0.191. The van der Waals surface area contributed by atoms with Gasteiger partial charge >= 0.3 is 11.9 Å². The van der Waals surface area contributed by atoms with Crippen LogP contribution in [0.5, 0.6) is 17.2 Å². The summed E-state index contributed by atoms with van der Waals surface area (Å²) in [5.41, 5.74) is 2.57. The first-order valence-electron chi connectivity index (χ1n) is 15.4. The number of rotatable bonds is 12. The molecular formula is C36H31BrClN3O8S. The molecule has 0 spiro atoms. The van der Waals surface area contributed by atoms with Crippen molar-refractivity contribution >= 4 is 56.9 Å². The van der Waals surface area contributed by atoms with Crippen molar-refractivity contribution in [2.24, 2.45) is 4.99 Å². The molecule has 0 saturated heterocycles. The fourth-order valence-electron chi connectivity index (χ4n) is 5.24. The predicted molar refractivity (Wildman–Crippen MR) is 190 cm³/mol. The first-order chi connectivity index (χ1) is 24.1. The van der Waals surface area contributed by atoms with Gasteiger partial charge in [0.25, 0.3) is 5.56 Å². The first-order valence-corrected chi connectivity index (χ1v) is 17.3. The van der Waals surface area contributed by atoms with Crippen LogP contribution in [0, 0.1) is 11.3 Å². The van der Waals surface area contributed by atoms with Crippen molar-refractivity contribution < 1.29 is 33.3 Å². The van der Waals surface area contributed by atoms with Crippen LogP contribution in [0.3, 0.4) is 0 Å². The van der Waals surface area contributed by atoms with Gasteiger partial charge in [-0.3, -0.25) is 9.36 Å². The summed E-state index contributed by atoms with van der Waals surface area (Å²) < 4.78 is 29.9. The molecule has 2 heterocycles. The van der Waals surface area contributed by atoms with Crippen molar-refractivity contribution in [2.75, 3.05) is 26.9 Å². The molecule has 50 heavy (non-hydrogen) atoms. The number of aromatic nitrogens is 1. The van der Waals surface area contributed by atoms with Crippen molar-refractivity contribution in [3.05, 3.63) is 117 Å². The van der Waals surface area contributed by atoms with Gasteiger partial charge in [-0.25, -0.2) is 14.6 Å². The number of hydrogen-bond acceptors (Lipinski definition) is 11. The molecule has 0 saturated carbocycles. The average Bonchev–Trinajstić information content (AvgIpc) is 3.40. The van der Waals surface area contributed by atoms with Gasteiger partial charge in [0.15, 0.2) is 28.7 Å². The van der Waals surface area contributed by atoms with Crippen LogP contribution in [0.2, 0.25) is 5.02 Å². The lowest BCUT2D eigenvalue weighted by molar-refractivity contribution is -0.143. The van der Waals surface area contributed by atoms with E-state index in [0.29, 0.717) is 58.3 Å². The Hall–Kier alpha value is -4.90. The summed E-state index contributed by atoms with van der Waals surface area (Å²) in [5, 5.41) is 9.70. The minimum Gasteiger partial charge on any atom is -0.490 e. The third kappa shape index (κ3) is 7.78. The lowest BCUT2D eigenvalue weighted by atomic mass is 9.95. The van der Waals surface area contributed by atoms with Crippen LogP contribution < -0.4 is 29.1 Å². The van der Waals surface area contributed by atoms with E-state index < -0.39 is 23.5 Å². The Bertz CT molecular complexity index is 2200. The number of methoxy groups -OCH3 is 1. The maximum atomic E-state index is 14.2. The molecule has 5 rings (SSSR count). The number of esters is 2. The number of nitriles is 1. The van der Waals surface area contributed by atoms with E-state index in [4.69, 9.17) is 30.5 Å². The largest absolute Gasteiger partial charge is 0.490 e. The Morgan fingerprint density at radius 3 is 2.56 bits per heavy atom. The van der Waals surface area contributed by atoms with E-state index in [1.165, 1.54) is 11.7 Å². The number of carbonyl (C=O) groups is 2. The Labute approximate surface area is 304 Å². The Balaban J connectivity index is 1.57. The number of hydrogen-bond donors (Lipinski definition) is 0. The van der Waals surface area contributed by atoms with Crippen molar-refractivity contribution in [1.29, 1.82) is 5.26 Å². The molecule has 258 valence electrons. The van der Waals surface area contributed by atoms with E-state index in [2.05, 4.69) is 31.7 Å². The molecule has 3 aromatic carbocycles. The van der Waals surface area contributed by atoms with Crippen molar-refractivity contribution in [3.63, 3.8) is 0 Å². The molecule has 0 radical (unpaired) electrons. The SMILES string of the molecule is CCOC(=O)C1=C(C)N=c2s/c(=C\c3cc(Cl)c(OCc4ccccc4C#N)c(Br)c3)c(=O)n2[C@@H]1c1ccc(OCC(=O)OC)c(OCC)c1. The second-order valence-corrected chi connectivity index (χ2v) is 12.9. The van der Waals surface area contributed by atoms with E-state index in [1.807, 2.05) is 12.1 Å². The summed E-state index contributed by atoms with van der Waals surface area (Å²) in [6, 6.07) is 16.8. The Morgan fingerprint density at radius 1 is 1.08 bits per heavy atom. The highest BCUT2D eigenvalue weighted by molar-refractivity contribution is 9.10. The number of halogens is 2. The molecule has 0 unspecified atom stereocenters. The molecular weight excluding hydrogens is 750 g/mol. The Kier molecular flexibility index (Phi) is 11.8. The maximum Gasteiger partial charge on any atom is 0.343 e. The second kappa shape index (κ2) is 16.2. The number of fused-ring (bicyclic) bond motifs is 1. The number of carbonyl (C=O) groups excluding carboxylic acids is 2. The van der Waals surface area contributed by atoms with Gasteiger partial charge in [0, 0.05) is 5.56 Å². The van der Waals surface area contributed by atoms with Crippen molar-refractivity contribution in [3.8, 4) is 23.3 Å². The van der Waals surface area contributed by atoms with Crippen molar-refractivity contribution in [1.82, 2.24) is 4.57 Å². The minimum absolute atomic E-state index is 0.122. The highest BCUT2D eigenvalue weighted by Gasteiger charge is 2.34. The predicted octanol–water partition coefficient (Wildman–Crippen LogP) is 5.62. The van der Waals surface area contributed by atoms with Crippen LogP contribution in [0.15, 0.2) is 80.1 Å². The monoisotopic (exact) mass is 779 g/mol. The summed E-state index contributed by atoms with van der Waals surface area (Å²) in [7, 11) is 1.26. The molecule has 0 bridgehead atoms. The maximum absolute atomic E-state index is 14.2. The quantitative estimate of drug-likeness (QED) is 0.168. The van der Waals surface area contributed by atoms with Crippen LogP contribution in [-0.4, -0.2) is 43.4 Å². The highest BCUT2D eigenvalue weighted by Crippen LogP contribution is 2.37. The summed E-state index contributed by atoms with van der Waals surface area (Å²) in [6.45, 7) is 5.40. The van der Waals surface area contributed by atoms with Gasteiger partial charge in [-0.2, -0.15) is 5.26 Å². The van der Waals surface area contributed by atoms with E-state index >= 15 is 0 Å². The van der Waals surface area contributed by atoms with Gasteiger partial charge in [0.2, 0.25) is 0 Å². The zero-order valence-corrected chi connectivity index (χ0v) is 30.6. The molecule has 0 fully saturated rings. The van der Waals surface area contributed by atoms with Crippen LogP contribution in [0.25, 0.3) is 6.08 Å². The summed E-state index contributed by atoms with van der Waals surface area (Å²) >= 11 is 11.3. The summed E-state index contributed by atoms with van der Waals surface area (Å²) in [4.78, 5) is 44.3. The van der Waals surface area contributed by atoms with Gasteiger partial charge < -0.3 is 23.7 Å². The zero-order chi connectivity index (χ0) is 35.9. The second-order valence-electron chi connectivity index (χ2n) is 10.7. The fourth-order valence-corrected chi connectivity index (χ4v) is 7.28. The van der Waals surface area contributed by atoms with E-state index in [0.717, 1.165) is 11.3 Å². The Morgan fingerprint density at radius 2 is 1.86 bits per heavy atom. The normalized spacial score (nSPS) is 13.9. The molecule has 1 atom stereocenters. The van der Waals surface area contributed by atoms with Gasteiger partial charge in [-0.05, 0) is 84.2 Å². The number of thiazole rings is 1. The molecule has 0 aliphatic carbocycles. The zero-order valence-electron chi connectivity index (χ0n) is 27.5. The summed E-state index contributed by atoms with van der Waals surface area (Å²) in [6.07, 6.45) is 1.69. The van der Waals surface area contributed by atoms with E-state index in [9.17, 15) is 19.6 Å². The fraction of sp³-hybridized carbons (Fsp3) is 0.250. The van der Waals surface area contributed by atoms with Crippen molar-refractivity contribution in [2.45, 2.75) is 33.4 Å². The standard InChI is InChI=1S/C36H31BrClN3O8S/c1-5-46-28-16-22(11-12-27(28)48-19-30(42)45-4)32-31(35(44)47-6-2)20(3)40-36-41(32)34(43)29(50-36)15-21-13-25(37)33(26(38)14-21)49-18-24-10-8-7-9-23(24)17-39/h7-16,32H,5-6,18-19H2,1-4H3/b29-15-/t32-/m1/s1. The van der Waals surface area contributed by atoms with Crippen LogP contribution in [-0.2, 0) is 25.7 Å². The molecule has 14 heteroatoms. The lowest BCUT2D eigenvalue weighted by Crippen LogP contribution is -2.40. The lowest BCUT2D eigenvalue weighted by Gasteiger charge is -2.25. The molecule has 1 aliphatic heterocycles. The number of ether oxygens (including phenoxy) is 5. The van der Waals surface area contributed by atoms with Gasteiger partial charge in [-0.15, -0.1) is 0 Å². The van der Waals surface area contributed by atoms with Gasteiger partial charge in [-0.1, -0.05) is 47.2 Å². The van der Waals surface area contributed by atoms with Gasteiger partial charge in [0.05, 0.1) is 63.3 Å². The van der Waals surface area contributed by atoms with Crippen LogP contribution in [0.1, 0.15) is 49.1 Å². The molecule has 0 amide bonds.